The van der Waals surface area contributed by atoms with E-state index in [2.05, 4.69) is 17.1 Å². The van der Waals surface area contributed by atoms with Gasteiger partial charge in [-0.1, -0.05) is 6.92 Å². The van der Waals surface area contributed by atoms with E-state index in [1.807, 2.05) is 7.05 Å². The Kier molecular flexibility index (Phi) is 3.50. The summed E-state index contributed by atoms with van der Waals surface area (Å²) in [5.41, 5.74) is 0.0269. The van der Waals surface area contributed by atoms with Crippen LogP contribution in [-0.2, 0) is 0 Å². The third-order valence-corrected chi connectivity index (χ3v) is 3.13. The molecule has 0 bridgehead atoms. The first kappa shape index (κ1) is 10.7. The highest BCUT2D eigenvalue weighted by Gasteiger charge is 2.30. The molecule has 13 heavy (non-hydrogen) atoms. The molecule has 1 saturated heterocycles. The highest BCUT2D eigenvalue weighted by Crippen LogP contribution is 2.28. The van der Waals surface area contributed by atoms with Gasteiger partial charge in [0.25, 0.3) is 0 Å². The molecule has 3 nitrogen and oxygen atoms in total. The van der Waals surface area contributed by atoms with E-state index in [-0.39, 0.29) is 12.0 Å². The van der Waals surface area contributed by atoms with Gasteiger partial charge in [-0.2, -0.15) is 0 Å². The van der Waals surface area contributed by atoms with Crippen LogP contribution in [0.15, 0.2) is 0 Å². The number of nitrogens with zero attached hydrogens (tertiary/aromatic N) is 1. The van der Waals surface area contributed by atoms with Crippen LogP contribution in [-0.4, -0.2) is 41.9 Å². The normalized spacial score (nSPS) is 28.7. The Morgan fingerprint density at radius 2 is 2.38 bits per heavy atom. The van der Waals surface area contributed by atoms with E-state index in [1.165, 1.54) is 0 Å². The monoisotopic (exact) mass is 202 g/mol. The average Bonchev–Trinajstić information content (AvgIpc) is 2.17. The first-order chi connectivity index (χ1) is 6.11. The van der Waals surface area contributed by atoms with Crippen molar-refractivity contribution in [2.45, 2.75) is 19.8 Å². The van der Waals surface area contributed by atoms with E-state index < -0.39 is 0 Å². The van der Waals surface area contributed by atoms with Crippen molar-refractivity contribution < 1.29 is 5.11 Å². The number of thiocarbonyl (C=S) groups is 1. The second-order valence-electron chi connectivity index (χ2n) is 4.05. The zero-order chi connectivity index (χ0) is 9.90. The van der Waals surface area contributed by atoms with Crippen LogP contribution < -0.4 is 5.32 Å². The molecule has 1 heterocycles. The van der Waals surface area contributed by atoms with Crippen molar-refractivity contribution in [1.29, 1.82) is 0 Å². The van der Waals surface area contributed by atoms with Crippen LogP contribution in [0.4, 0.5) is 0 Å². The van der Waals surface area contributed by atoms with Crippen molar-refractivity contribution in [3.05, 3.63) is 0 Å². The van der Waals surface area contributed by atoms with Crippen molar-refractivity contribution in [2.75, 3.05) is 26.7 Å². The molecule has 1 atom stereocenters. The number of piperidine rings is 1. The lowest BCUT2D eigenvalue weighted by molar-refractivity contribution is 0.0762. The predicted octanol–water partition coefficient (Wildman–Crippen LogP) is 0.585. The van der Waals surface area contributed by atoms with Crippen molar-refractivity contribution in [3.63, 3.8) is 0 Å². The first-order valence-corrected chi connectivity index (χ1v) is 5.10. The van der Waals surface area contributed by atoms with E-state index >= 15 is 0 Å². The van der Waals surface area contributed by atoms with Gasteiger partial charge in [-0.25, -0.2) is 0 Å². The van der Waals surface area contributed by atoms with Crippen LogP contribution >= 0.6 is 12.2 Å². The second-order valence-corrected chi connectivity index (χ2v) is 4.44. The smallest absolute Gasteiger partial charge is 0.168 e. The van der Waals surface area contributed by atoms with Gasteiger partial charge in [0, 0.05) is 25.6 Å². The standard InChI is InChI=1S/C9H18N2OS/c1-9(7-12)4-3-5-11(6-9)8(13)10-2/h12H,3-7H2,1-2H3,(H,10,13). The highest BCUT2D eigenvalue weighted by molar-refractivity contribution is 7.80. The van der Waals surface area contributed by atoms with E-state index in [0.717, 1.165) is 31.0 Å². The van der Waals surface area contributed by atoms with Gasteiger partial charge in [0.1, 0.15) is 0 Å². The quantitative estimate of drug-likeness (QED) is 0.610. The van der Waals surface area contributed by atoms with Crippen molar-refractivity contribution in [3.8, 4) is 0 Å². The fourth-order valence-electron chi connectivity index (χ4n) is 1.78. The van der Waals surface area contributed by atoms with Gasteiger partial charge >= 0.3 is 0 Å². The minimum atomic E-state index is 0.0269. The summed E-state index contributed by atoms with van der Waals surface area (Å²) < 4.78 is 0. The number of rotatable bonds is 1. The van der Waals surface area contributed by atoms with Crippen LogP contribution in [0.3, 0.4) is 0 Å². The number of aliphatic hydroxyl groups is 1. The third-order valence-electron chi connectivity index (χ3n) is 2.66. The van der Waals surface area contributed by atoms with Gasteiger partial charge in [-0.3, -0.25) is 0 Å². The average molecular weight is 202 g/mol. The fourth-order valence-corrected chi connectivity index (χ4v) is 1.93. The van der Waals surface area contributed by atoms with Gasteiger partial charge in [-0.15, -0.1) is 0 Å². The van der Waals surface area contributed by atoms with Gasteiger partial charge < -0.3 is 15.3 Å². The summed E-state index contributed by atoms with van der Waals surface area (Å²) in [4.78, 5) is 2.13. The Hall–Kier alpha value is -0.350. The summed E-state index contributed by atoms with van der Waals surface area (Å²) in [6.07, 6.45) is 2.20. The second kappa shape index (κ2) is 4.24. The third kappa shape index (κ3) is 2.54. The summed E-state index contributed by atoms with van der Waals surface area (Å²) >= 11 is 5.16. The molecule has 0 spiro atoms. The maximum atomic E-state index is 9.23. The fraction of sp³-hybridized carbons (Fsp3) is 0.889. The van der Waals surface area contributed by atoms with E-state index in [1.54, 1.807) is 0 Å². The lowest BCUT2D eigenvalue weighted by Gasteiger charge is -2.40. The minimum absolute atomic E-state index is 0.0269. The van der Waals surface area contributed by atoms with Crippen molar-refractivity contribution in [2.24, 2.45) is 5.41 Å². The van der Waals surface area contributed by atoms with Crippen LogP contribution in [0.1, 0.15) is 19.8 Å². The number of aliphatic hydroxyl groups excluding tert-OH is 1. The molecule has 0 radical (unpaired) electrons. The maximum Gasteiger partial charge on any atom is 0.168 e. The highest BCUT2D eigenvalue weighted by atomic mass is 32.1. The molecule has 0 aromatic carbocycles. The molecule has 76 valence electrons. The zero-order valence-electron chi connectivity index (χ0n) is 8.34. The van der Waals surface area contributed by atoms with E-state index in [4.69, 9.17) is 12.2 Å². The van der Waals surface area contributed by atoms with Crippen molar-refractivity contribution >= 4 is 17.3 Å². The van der Waals surface area contributed by atoms with Gasteiger partial charge in [0.05, 0.1) is 6.61 Å². The Labute approximate surface area is 85.1 Å². The minimum Gasteiger partial charge on any atom is -0.396 e. The van der Waals surface area contributed by atoms with Crippen LogP contribution in [0.5, 0.6) is 0 Å². The Morgan fingerprint density at radius 1 is 1.69 bits per heavy atom. The van der Waals surface area contributed by atoms with Crippen LogP contribution in [0, 0.1) is 5.41 Å². The Bertz CT molecular complexity index is 198. The molecule has 0 aromatic rings. The van der Waals surface area contributed by atoms with E-state index in [0.29, 0.717) is 0 Å². The van der Waals surface area contributed by atoms with Crippen LogP contribution in [0.2, 0.25) is 0 Å². The number of hydrogen-bond donors (Lipinski definition) is 2. The topological polar surface area (TPSA) is 35.5 Å². The number of hydrogen-bond acceptors (Lipinski definition) is 2. The summed E-state index contributed by atoms with van der Waals surface area (Å²) in [6.45, 7) is 4.23. The first-order valence-electron chi connectivity index (χ1n) is 4.69. The Balaban J connectivity index is 2.56. The molecule has 0 aromatic heterocycles. The largest absolute Gasteiger partial charge is 0.396 e. The lowest BCUT2D eigenvalue weighted by Crippen LogP contribution is -2.49. The molecule has 0 amide bonds. The summed E-state index contributed by atoms with van der Waals surface area (Å²) in [5.74, 6) is 0. The van der Waals surface area contributed by atoms with Crippen molar-refractivity contribution in [1.82, 2.24) is 10.2 Å². The molecule has 1 rings (SSSR count). The molecule has 1 unspecified atom stereocenters. The molecule has 1 aliphatic rings. The molecular weight excluding hydrogens is 184 g/mol. The molecule has 1 aliphatic heterocycles. The molecule has 0 saturated carbocycles. The predicted molar refractivity (Wildman–Crippen MR) is 57.7 cm³/mol. The SMILES string of the molecule is CNC(=S)N1CCCC(C)(CO)C1. The van der Waals surface area contributed by atoms with Crippen LogP contribution in [0.25, 0.3) is 0 Å². The van der Waals surface area contributed by atoms with Gasteiger partial charge in [0.15, 0.2) is 5.11 Å². The molecular formula is C9H18N2OS. The molecule has 2 N–H and O–H groups in total. The number of nitrogens with one attached hydrogen (secondary N) is 1. The van der Waals surface area contributed by atoms with Gasteiger partial charge in [-0.05, 0) is 25.1 Å². The van der Waals surface area contributed by atoms with E-state index in [9.17, 15) is 5.11 Å². The molecule has 4 heteroatoms. The zero-order valence-corrected chi connectivity index (χ0v) is 9.15. The number of likely N-dealkylation sites (tertiary alicyclic amines) is 1. The lowest BCUT2D eigenvalue weighted by atomic mass is 9.83. The van der Waals surface area contributed by atoms with Gasteiger partial charge in [0.2, 0.25) is 0 Å². The summed E-state index contributed by atoms with van der Waals surface area (Å²) in [6, 6.07) is 0. The Morgan fingerprint density at radius 3 is 2.92 bits per heavy atom. The summed E-state index contributed by atoms with van der Waals surface area (Å²) in [5, 5.41) is 13.0. The molecule has 0 aliphatic carbocycles. The maximum absolute atomic E-state index is 9.23. The molecule has 1 fully saturated rings. The summed E-state index contributed by atoms with van der Waals surface area (Å²) in [7, 11) is 1.84.